The molecule has 0 aliphatic carbocycles. The van der Waals surface area contributed by atoms with Crippen molar-refractivity contribution in [2.45, 2.75) is 13.5 Å². The van der Waals surface area contributed by atoms with Gasteiger partial charge in [-0.3, -0.25) is 5.43 Å². The molecule has 5 nitrogen and oxygen atoms in total. The van der Waals surface area contributed by atoms with Gasteiger partial charge in [0, 0.05) is 6.54 Å². The molecule has 0 atom stereocenters. The van der Waals surface area contributed by atoms with E-state index < -0.39 is 0 Å². The topological polar surface area (TPSA) is 68.2 Å². The molecule has 0 amide bonds. The van der Waals surface area contributed by atoms with Crippen molar-refractivity contribution in [1.82, 2.24) is 15.0 Å². The third-order valence-electron chi connectivity index (χ3n) is 1.46. The van der Waals surface area contributed by atoms with Gasteiger partial charge in [0.2, 0.25) is 0 Å². The Kier molecular flexibility index (Phi) is 3.39. The van der Waals surface area contributed by atoms with Crippen molar-refractivity contribution in [2.24, 2.45) is 10.8 Å². The van der Waals surface area contributed by atoms with Crippen molar-refractivity contribution in [3.8, 4) is 0 Å². The lowest BCUT2D eigenvalue weighted by atomic mass is 10.5. The van der Waals surface area contributed by atoms with Crippen molar-refractivity contribution in [3.63, 3.8) is 0 Å². The van der Waals surface area contributed by atoms with Gasteiger partial charge in [0.05, 0.1) is 24.4 Å². The summed E-state index contributed by atoms with van der Waals surface area (Å²) in [4.78, 5) is 3.97. The van der Waals surface area contributed by atoms with E-state index in [9.17, 15) is 0 Å². The molecule has 0 saturated carbocycles. The Balaban J connectivity index is 2.62. The highest BCUT2D eigenvalue weighted by molar-refractivity contribution is 7.80. The van der Waals surface area contributed by atoms with Gasteiger partial charge in [0.15, 0.2) is 5.11 Å². The summed E-state index contributed by atoms with van der Waals surface area (Å²) in [5.41, 5.74) is 8.57. The van der Waals surface area contributed by atoms with E-state index in [2.05, 4.69) is 27.7 Å². The molecule has 70 valence electrons. The Morgan fingerprint density at radius 1 is 1.92 bits per heavy atom. The minimum Gasteiger partial charge on any atom is -0.375 e. The van der Waals surface area contributed by atoms with Gasteiger partial charge in [-0.25, -0.2) is 4.98 Å². The average Bonchev–Trinajstić information content (AvgIpc) is 2.51. The van der Waals surface area contributed by atoms with Crippen LogP contribution in [0.1, 0.15) is 12.6 Å². The fraction of sp³-hybridized carbons (Fsp3) is 0.286. The molecule has 0 spiro atoms. The van der Waals surface area contributed by atoms with Crippen LogP contribution in [0.3, 0.4) is 0 Å². The number of rotatable bonds is 3. The highest BCUT2D eigenvalue weighted by atomic mass is 32.1. The normalized spacial score (nSPS) is 10.5. The number of hydrazone groups is 1. The zero-order valence-electron chi connectivity index (χ0n) is 7.27. The first-order valence-corrected chi connectivity index (χ1v) is 4.23. The summed E-state index contributed by atoms with van der Waals surface area (Å²) < 4.78 is 1.95. The Hall–Kier alpha value is -1.43. The first kappa shape index (κ1) is 9.66. The highest BCUT2D eigenvalue weighted by Crippen LogP contribution is 1.94. The van der Waals surface area contributed by atoms with Gasteiger partial charge in [-0.05, 0) is 19.1 Å². The van der Waals surface area contributed by atoms with Crippen LogP contribution in [0.5, 0.6) is 0 Å². The number of aromatic nitrogens is 2. The lowest BCUT2D eigenvalue weighted by molar-refractivity contribution is 0.756. The van der Waals surface area contributed by atoms with Gasteiger partial charge >= 0.3 is 0 Å². The zero-order valence-corrected chi connectivity index (χ0v) is 8.08. The molecule has 1 rings (SSSR count). The molecular weight excluding hydrogens is 186 g/mol. The quantitative estimate of drug-likeness (QED) is 0.409. The Morgan fingerprint density at radius 3 is 3.31 bits per heavy atom. The predicted molar refractivity (Wildman–Crippen MR) is 55.4 cm³/mol. The van der Waals surface area contributed by atoms with E-state index >= 15 is 0 Å². The molecule has 3 N–H and O–H groups in total. The van der Waals surface area contributed by atoms with E-state index in [0.29, 0.717) is 0 Å². The third kappa shape index (κ3) is 2.83. The maximum Gasteiger partial charge on any atom is 0.184 e. The number of nitrogens with zero attached hydrogens (tertiary/aromatic N) is 3. The minimum atomic E-state index is 0.152. The van der Waals surface area contributed by atoms with E-state index in [1.165, 1.54) is 0 Å². The molecule has 13 heavy (non-hydrogen) atoms. The number of nitrogens with one attached hydrogen (secondary N) is 1. The van der Waals surface area contributed by atoms with Crippen LogP contribution in [0.4, 0.5) is 0 Å². The SMILES string of the molecule is CCn1cncc1/C=N/NC(N)=S. The fourth-order valence-electron chi connectivity index (χ4n) is 0.865. The van der Waals surface area contributed by atoms with Gasteiger partial charge < -0.3 is 10.3 Å². The molecular formula is C7H11N5S. The van der Waals surface area contributed by atoms with Crippen molar-refractivity contribution >= 4 is 23.5 Å². The van der Waals surface area contributed by atoms with Crippen molar-refractivity contribution in [3.05, 3.63) is 18.2 Å². The number of hydrogen-bond donors (Lipinski definition) is 2. The van der Waals surface area contributed by atoms with E-state index in [4.69, 9.17) is 5.73 Å². The largest absolute Gasteiger partial charge is 0.375 e. The molecule has 0 aliphatic heterocycles. The van der Waals surface area contributed by atoms with Crippen LogP contribution < -0.4 is 11.2 Å². The average molecular weight is 197 g/mol. The summed E-state index contributed by atoms with van der Waals surface area (Å²) in [6.45, 7) is 2.88. The van der Waals surface area contributed by atoms with Crippen molar-refractivity contribution < 1.29 is 0 Å². The maximum atomic E-state index is 5.19. The smallest absolute Gasteiger partial charge is 0.184 e. The second-order valence-corrected chi connectivity index (χ2v) is 2.78. The molecule has 0 aliphatic rings. The van der Waals surface area contributed by atoms with Crippen LogP contribution >= 0.6 is 12.2 Å². The van der Waals surface area contributed by atoms with Gasteiger partial charge in [-0.2, -0.15) is 5.10 Å². The Morgan fingerprint density at radius 2 is 2.69 bits per heavy atom. The first-order valence-electron chi connectivity index (χ1n) is 3.82. The molecule has 0 radical (unpaired) electrons. The third-order valence-corrected chi connectivity index (χ3v) is 1.55. The molecule has 0 unspecified atom stereocenters. The van der Waals surface area contributed by atoms with Crippen LogP contribution in [-0.4, -0.2) is 20.9 Å². The monoisotopic (exact) mass is 197 g/mol. The van der Waals surface area contributed by atoms with Crippen LogP contribution in [0.25, 0.3) is 0 Å². The Labute approximate surface area is 81.6 Å². The number of hydrogen-bond acceptors (Lipinski definition) is 3. The fourth-order valence-corrected chi connectivity index (χ4v) is 0.917. The summed E-state index contributed by atoms with van der Waals surface area (Å²) >= 11 is 4.58. The predicted octanol–water partition coefficient (Wildman–Crippen LogP) is 0.0701. The second-order valence-electron chi connectivity index (χ2n) is 2.34. The zero-order chi connectivity index (χ0) is 9.68. The lowest BCUT2D eigenvalue weighted by Crippen LogP contribution is -2.24. The van der Waals surface area contributed by atoms with Gasteiger partial charge in [0.25, 0.3) is 0 Å². The lowest BCUT2D eigenvalue weighted by Gasteiger charge is -1.98. The molecule has 1 aromatic rings. The first-order chi connectivity index (χ1) is 6.24. The Bertz CT molecular complexity index is 316. The van der Waals surface area contributed by atoms with E-state index in [1.54, 1.807) is 18.7 Å². The van der Waals surface area contributed by atoms with Crippen molar-refractivity contribution in [2.75, 3.05) is 0 Å². The van der Waals surface area contributed by atoms with E-state index in [1.807, 2.05) is 11.5 Å². The summed E-state index contributed by atoms with van der Waals surface area (Å²) in [6, 6.07) is 0. The van der Waals surface area contributed by atoms with Gasteiger partial charge in [0.1, 0.15) is 0 Å². The molecule has 0 bridgehead atoms. The number of aryl methyl sites for hydroxylation is 1. The molecule has 6 heteroatoms. The molecule has 0 fully saturated rings. The van der Waals surface area contributed by atoms with Gasteiger partial charge in [-0.15, -0.1) is 0 Å². The van der Waals surface area contributed by atoms with Crippen molar-refractivity contribution in [1.29, 1.82) is 0 Å². The van der Waals surface area contributed by atoms with Crippen LogP contribution in [0.15, 0.2) is 17.6 Å². The van der Waals surface area contributed by atoms with Gasteiger partial charge in [-0.1, -0.05) is 0 Å². The summed E-state index contributed by atoms with van der Waals surface area (Å²) in [5.74, 6) is 0. The van der Waals surface area contributed by atoms with Crippen LogP contribution in [0, 0.1) is 0 Å². The summed E-state index contributed by atoms with van der Waals surface area (Å²) in [6.07, 6.45) is 5.08. The molecule has 0 saturated heterocycles. The molecule has 1 aromatic heterocycles. The highest BCUT2D eigenvalue weighted by Gasteiger charge is 1.94. The van der Waals surface area contributed by atoms with E-state index in [0.717, 1.165) is 12.2 Å². The molecule has 1 heterocycles. The number of nitrogens with two attached hydrogens (primary N) is 1. The minimum absolute atomic E-state index is 0.152. The molecule has 0 aromatic carbocycles. The van der Waals surface area contributed by atoms with E-state index in [-0.39, 0.29) is 5.11 Å². The van der Waals surface area contributed by atoms with Crippen LogP contribution in [-0.2, 0) is 6.54 Å². The number of thiocarbonyl (C=S) groups is 1. The second kappa shape index (κ2) is 4.56. The standard InChI is InChI=1S/C7H11N5S/c1-2-12-5-9-3-6(12)4-10-11-7(8)13/h3-5H,2H2,1H3,(H3,8,11,13)/b10-4+. The maximum absolute atomic E-state index is 5.19. The summed E-state index contributed by atoms with van der Waals surface area (Å²) in [7, 11) is 0. The number of imidazole rings is 1. The van der Waals surface area contributed by atoms with Crippen LogP contribution in [0.2, 0.25) is 0 Å². The summed E-state index contributed by atoms with van der Waals surface area (Å²) in [5, 5.41) is 3.97.